The lowest BCUT2D eigenvalue weighted by molar-refractivity contribution is -0.384. The van der Waals surface area contributed by atoms with Crippen LogP contribution in [-0.2, 0) is 14.8 Å². The number of anilines is 1. The molecule has 0 aromatic heterocycles. The van der Waals surface area contributed by atoms with Crippen LogP contribution in [0.25, 0.3) is 0 Å². The normalized spacial score (nSPS) is 16.4. The smallest absolute Gasteiger partial charge is 0.292 e. The van der Waals surface area contributed by atoms with Gasteiger partial charge in [0.15, 0.2) is 0 Å². The highest BCUT2D eigenvalue weighted by molar-refractivity contribution is 7.88. The van der Waals surface area contributed by atoms with Crippen LogP contribution in [0.3, 0.4) is 0 Å². The summed E-state index contributed by atoms with van der Waals surface area (Å²) in [6, 6.07) is 6.31. The Hall–Kier alpha value is -2.20. The number of nitro benzene ring substituents is 1. The van der Waals surface area contributed by atoms with Crippen molar-refractivity contribution in [1.82, 2.24) is 9.62 Å². The Balaban J connectivity index is 1.74. The maximum atomic E-state index is 12.1. The predicted octanol–water partition coefficient (Wildman–Crippen LogP) is 0.795. The lowest BCUT2D eigenvalue weighted by atomic mass is 9.97. The topological polar surface area (TPSA) is 122 Å². The molecule has 25 heavy (non-hydrogen) atoms. The summed E-state index contributed by atoms with van der Waals surface area (Å²) in [6.45, 7) is 1.40. The molecule has 1 fully saturated rings. The Morgan fingerprint density at radius 1 is 1.28 bits per heavy atom. The Labute approximate surface area is 146 Å². The van der Waals surface area contributed by atoms with Gasteiger partial charge in [-0.25, -0.2) is 12.7 Å². The van der Waals surface area contributed by atoms with Crippen molar-refractivity contribution in [3.05, 3.63) is 34.4 Å². The number of rotatable bonds is 7. The van der Waals surface area contributed by atoms with Crippen LogP contribution in [0.4, 0.5) is 11.4 Å². The molecule has 0 spiro atoms. The maximum absolute atomic E-state index is 12.1. The molecule has 2 rings (SSSR count). The van der Waals surface area contributed by atoms with Crippen molar-refractivity contribution < 1.29 is 18.1 Å². The number of nitrogens with zero attached hydrogens (tertiary/aromatic N) is 2. The van der Waals surface area contributed by atoms with Gasteiger partial charge >= 0.3 is 0 Å². The number of hydrogen-bond donors (Lipinski definition) is 2. The molecule has 0 saturated carbocycles. The Morgan fingerprint density at radius 2 is 1.92 bits per heavy atom. The molecule has 0 atom stereocenters. The highest BCUT2D eigenvalue weighted by Gasteiger charge is 2.28. The Morgan fingerprint density at radius 3 is 2.52 bits per heavy atom. The zero-order valence-corrected chi connectivity index (χ0v) is 14.8. The fourth-order valence-electron chi connectivity index (χ4n) is 2.76. The lowest BCUT2D eigenvalue weighted by Gasteiger charge is -2.29. The number of nitrogens with one attached hydrogen (secondary N) is 2. The van der Waals surface area contributed by atoms with E-state index in [1.807, 2.05) is 0 Å². The quantitative estimate of drug-likeness (QED) is 0.416. The summed E-state index contributed by atoms with van der Waals surface area (Å²) in [7, 11) is -3.20. The third-order valence-corrected chi connectivity index (χ3v) is 5.44. The number of piperidine rings is 1. The molecule has 1 amide bonds. The number of amides is 1. The summed E-state index contributed by atoms with van der Waals surface area (Å²) in [6.07, 6.45) is 2.16. The van der Waals surface area contributed by atoms with Gasteiger partial charge in [-0.1, -0.05) is 12.1 Å². The van der Waals surface area contributed by atoms with Gasteiger partial charge in [0.05, 0.1) is 11.2 Å². The van der Waals surface area contributed by atoms with Crippen molar-refractivity contribution in [1.29, 1.82) is 0 Å². The van der Waals surface area contributed by atoms with E-state index in [1.165, 1.54) is 16.6 Å². The van der Waals surface area contributed by atoms with Gasteiger partial charge in [-0.05, 0) is 18.9 Å². The average Bonchev–Trinajstić information content (AvgIpc) is 2.58. The van der Waals surface area contributed by atoms with Crippen LogP contribution in [0.5, 0.6) is 0 Å². The van der Waals surface area contributed by atoms with Crippen LogP contribution in [0.1, 0.15) is 12.8 Å². The third-order valence-electron chi connectivity index (χ3n) is 4.13. The minimum atomic E-state index is -3.20. The van der Waals surface area contributed by atoms with E-state index in [9.17, 15) is 23.3 Å². The maximum Gasteiger partial charge on any atom is 0.292 e. The molecule has 2 N–H and O–H groups in total. The molecule has 1 saturated heterocycles. The van der Waals surface area contributed by atoms with E-state index in [2.05, 4.69) is 10.6 Å². The molecule has 138 valence electrons. The highest BCUT2D eigenvalue weighted by atomic mass is 32.2. The SMILES string of the molecule is CS(=O)(=O)N1CCC(C(=O)NCCNc2ccccc2[N+](=O)[O-])CC1. The summed E-state index contributed by atoms with van der Waals surface area (Å²) in [5, 5.41) is 16.6. The summed E-state index contributed by atoms with van der Waals surface area (Å²) in [5.74, 6) is -0.318. The molecule has 1 aromatic carbocycles. The van der Waals surface area contributed by atoms with Crippen molar-refractivity contribution in [2.45, 2.75) is 12.8 Å². The molecular weight excluding hydrogens is 348 g/mol. The first kappa shape index (κ1) is 19.1. The Bertz CT molecular complexity index is 729. The number of nitro groups is 1. The van der Waals surface area contributed by atoms with Gasteiger partial charge < -0.3 is 10.6 Å². The van der Waals surface area contributed by atoms with Crippen LogP contribution in [0, 0.1) is 16.0 Å². The predicted molar refractivity (Wildman–Crippen MR) is 93.7 cm³/mol. The van der Waals surface area contributed by atoms with Crippen LogP contribution in [0.2, 0.25) is 0 Å². The van der Waals surface area contributed by atoms with Crippen molar-refractivity contribution in [3.63, 3.8) is 0 Å². The number of para-hydroxylation sites is 2. The van der Waals surface area contributed by atoms with E-state index in [4.69, 9.17) is 0 Å². The van der Waals surface area contributed by atoms with Gasteiger partial charge in [0, 0.05) is 38.2 Å². The molecule has 10 heteroatoms. The van der Waals surface area contributed by atoms with Gasteiger partial charge in [-0.2, -0.15) is 0 Å². The molecule has 1 aromatic rings. The molecule has 0 bridgehead atoms. The number of sulfonamides is 1. The van der Waals surface area contributed by atoms with Gasteiger partial charge in [-0.15, -0.1) is 0 Å². The molecule has 0 radical (unpaired) electrons. The second-order valence-corrected chi connectivity index (χ2v) is 7.91. The Kier molecular flexibility index (Phi) is 6.32. The summed E-state index contributed by atoms with van der Waals surface area (Å²) in [5.41, 5.74) is 0.394. The summed E-state index contributed by atoms with van der Waals surface area (Å²) < 4.78 is 24.3. The molecule has 0 unspecified atom stereocenters. The second-order valence-electron chi connectivity index (χ2n) is 5.93. The van der Waals surface area contributed by atoms with E-state index < -0.39 is 14.9 Å². The fourth-order valence-corrected chi connectivity index (χ4v) is 3.63. The van der Waals surface area contributed by atoms with E-state index in [0.717, 1.165) is 0 Å². The average molecular weight is 370 g/mol. The monoisotopic (exact) mass is 370 g/mol. The molecule has 9 nitrogen and oxygen atoms in total. The zero-order chi connectivity index (χ0) is 18.4. The van der Waals surface area contributed by atoms with E-state index in [1.54, 1.807) is 18.2 Å². The first-order chi connectivity index (χ1) is 11.8. The largest absolute Gasteiger partial charge is 0.378 e. The molecular formula is C15H22N4O5S. The summed E-state index contributed by atoms with van der Waals surface area (Å²) in [4.78, 5) is 22.6. The standard InChI is InChI=1S/C15H22N4O5S/c1-25(23,24)18-10-6-12(7-11-18)15(20)17-9-8-16-13-4-2-3-5-14(13)19(21)22/h2-5,12,16H,6-11H2,1H3,(H,17,20). The number of carbonyl (C=O) groups is 1. The second kappa shape index (κ2) is 8.26. The van der Waals surface area contributed by atoms with E-state index >= 15 is 0 Å². The van der Waals surface area contributed by atoms with Gasteiger partial charge in [0.2, 0.25) is 15.9 Å². The van der Waals surface area contributed by atoms with Crippen molar-refractivity contribution >= 4 is 27.3 Å². The van der Waals surface area contributed by atoms with Gasteiger partial charge in [-0.3, -0.25) is 14.9 Å². The lowest BCUT2D eigenvalue weighted by Crippen LogP contribution is -2.43. The number of benzene rings is 1. The van der Waals surface area contributed by atoms with Crippen molar-refractivity contribution in [2.24, 2.45) is 5.92 Å². The van der Waals surface area contributed by atoms with Crippen LogP contribution in [-0.4, -0.2) is 56.0 Å². The fraction of sp³-hybridized carbons (Fsp3) is 0.533. The molecule has 1 aliphatic rings. The minimum Gasteiger partial charge on any atom is -0.378 e. The third kappa shape index (κ3) is 5.40. The van der Waals surface area contributed by atoms with Crippen LogP contribution < -0.4 is 10.6 Å². The number of carbonyl (C=O) groups excluding carboxylic acids is 1. The first-order valence-corrected chi connectivity index (χ1v) is 9.84. The molecule has 1 heterocycles. The van der Waals surface area contributed by atoms with Crippen molar-refractivity contribution in [3.8, 4) is 0 Å². The van der Waals surface area contributed by atoms with Crippen LogP contribution >= 0.6 is 0 Å². The van der Waals surface area contributed by atoms with Gasteiger partial charge in [0.1, 0.15) is 5.69 Å². The van der Waals surface area contributed by atoms with Gasteiger partial charge in [0.25, 0.3) is 5.69 Å². The first-order valence-electron chi connectivity index (χ1n) is 7.99. The number of hydrogen-bond acceptors (Lipinski definition) is 6. The van der Waals surface area contributed by atoms with Crippen LogP contribution in [0.15, 0.2) is 24.3 Å². The molecule has 1 aliphatic heterocycles. The minimum absolute atomic E-state index is 0.0121. The molecule has 0 aliphatic carbocycles. The van der Waals surface area contributed by atoms with E-state index in [-0.39, 0.29) is 17.5 Å². The summed E-state index contributed by atoms with van der Waals surface area (Å²) >= 11 is 0. The zero-order valence-electron chi connectivity index (χ0n) is 14.0. The van der Waals surface area contributed by atoms with Crippen molar-refractivity contribution in [2.75, 3.05) is 37.8 Å². The highest BCUT2D eigenvalue weighted by Crippen LogP contribution is 2.22. The van der Waals surface area contributed by atoms with E-state index in [0.29, 0.717) is 44.7 Å².